The molecule has 2 N–H and O–H groups in total. The second-order valence-electron chi connectivity index (χ2n) is 6.13. The van der Waals surface area contributed by atoms with Crippen LogP contribution in [0.25, 0.3) is 0 Å². The van der Waals surface area contributed by atoms with Crippen LogP contribution >= 0.6 is 0 Å². The zero-order valence-electron chi connectivity index (χ0n) is 16.0. The van der Waals surface area contributed by atoms with Gasteiger partial charge in [-0.1, -0.05) is 30.3 Å². The lowest BCUT2D eigenvalue weighted by atomic mass is 10.2. The number of esters is 1. The van der Waals surface area contributed by atoms with Crippen molar-refractivity contribution in [1.82, 2.24) is 0 Å². The maximum absolute atomic E-state index is 11.9. The van der Waals surface area contributed by atoms with Crippen LogP contribution < -0.4 is 15.4 Å². The van der Waals surface area contributed by atoms with Crippen LogP contribution in [-0.4, -0.2) is 31.5 Å². The van der Waals surface area contributed by atoms with Gasteiger partial charge < -0.3 is 20.1 Å². The number of ether oxygens (including phenoxy) is 2. The largest absolute Gasteiger partial charge is 0.495 e. The maximum Gasteiger partial charge on any atom is 0.306 e. The molecule has 2 rings (SSSR count). The third kappa shape index (κ3) is 6.75. The third-order valence-electron chi connectivity index (χ3n) is 3.95. The van der Waals surface area contributed by atoms with Crippen LogP contribution in [0, 0.1) is 6.92 Å². The number of nitrogens with one attached hydrogen (secondary N) is 2. The van der Waals surface area contributed by atoms with Gasteiger partial charge in [-0.25, -0.2) is 0 Å². The molecule has 0 unspecified atom stereocenters. The van der Waals surface area contributed by atoms with E-state index in [1.54, 1.807) is 24.3 Å². The smallest absolute Gasteiger partial charge is 0.306 e. The summed E-state index contributed by atoms with van der Waals surface area (Å²) in [6.45, 7) is 1.51. The number of carbonyl (C=O) groups excluding carboxylic acids is 3. The van der Waals surface area contributed by atoms with Gasteiger partial charge in [-0.15, -0.1) is 0 Å². The number of hydrogen-bond donors (Lipinski definition) is 2. The van der Waals surface area contributed by atoms with Crippen molar-refractivity contribution in [3.63, 3.8) is 0 Å². The molecule has 0 radical (unpaired) electrons. The molecule has 0 aliphatic heterocycles. The predicted molar refractivity (Wildman–Crippen MR) is 106 cm³/mol. The Kier molecular flexibility index (Phi) is 8.02. The van der Waals surface area contributed by atoms with Crippen LogP contribution in [0.1, 0.15) is 24.8 Å². The molecule has 0 bridgehead atoms. The first-order valence-corrected chi connectivity index (χ1v) is 8.93. The average molecular weight is 384 g/mol. The minimum absolute atomic E-state index is 0.0587. The van der Waals surface area contributed by atoms with E-state index < -0.39 is 18.5 Å². The van der Waals surface area contributed by atoms with Gasteiger partial charge in [0.25, 0.3) is 5.91 Å². The number of aryl methyl sites for hydroxylation is 1. The second kappa shape index (κ2) is 10.7. The standard InChI is InChI=1S/C21H24N2O5/c1-15-8-3-4-9-16(15)22-19(24)12-7-13-21(26)28-14-20(25)23-17-10-5-6-11-18(17)27-2/h3-6,8-11H,7,12-14H2,1-2H3,(H,22,24)(H,23,25). The highest BCUT2D eigenvalue weighted by atomic mass is 16.5. The van der Waals surface area contributed by atoms with Crippen LogP contribution in [0.4, 0.5) is 11.4 Å². The summed E-state index contributed by atoms with van der Waals surface area (Å²) in [5, 5.41) is 5.42. The fraction of sp³-hybridized carbons (Fsp3) is 0.286. The summed E-state index contributed by atoms with van der Waals surface area (Å²) in [4.78, 5) is 35.6. The molecule has 0 heterocycles. The Morgan fingerprint density at radius 3 is 2.21 bits per heavy atom. The first-order valence-electron chi connectivity index (χ1n) is 8.93. The number of para-hydroxylation sites is 3. The van der Waals surface area contributed by atoms with Crippen LogP contribution in [0.2, 0.25) is 0 Å². The predicted octanol–water partition coefficient (Wildman–Crippen LogP) is 3.29. The van der Waals surface area contributed by atoms with Gasteiger partial charge in [-0.3, -0.25) is 14.4 Å². The van der Waals surface area contributed by atoms with E-state index in [-0.39, 0.29) is 18.7 Å². The lowest BCUT2D eigenvalue weighted by molar-refractivity contribution is -0.147. The summed E-state index contributed by atoms with van der Waals surface area (Å²) in [5.41, 5.74) is 2.22. The number of rotatable bonds is 9. The average Bonchev–Trinajstić information content (AvgIpc) is 2.68. The maximum atomic E-state index is 11.9. The minimum atomic E-state index is -0.529. The van der Waals surface area contributed by atoms with E-state index in [2.05, 4.69) is 10.6 Å². The molecule has 0 aromatic heterocycles. The van der Waals surface area contributed by atoms with E-state index in [0.717, 1.165) is 11.3 Å². The van der Waals surface area contributed by atoms with Gasteiger partial charge in [-0.2, -0.15) is 0 Å². The van der Waals surface area contributed by atoms with Gasteiger partial charge in [0.2, 0.25) is 5.91 Å². The second-order valence-corrected chi connectivity index (χ2v) is 6.13. The Bertz CT molecular complexity index is 835. The van der Waals surface area contributed by atoms with Crippen molar-refractivity contribution in [3.8, 4) is 5.75 Å². The van der Waals surface area contributed by atoms with E-state index in [4.69, 9.17) is 9.47 Å². The first kappa shape index (κ1) is 21.0. The van der Waals surface area contributed by atoms with Gasteiger partial charge in [0.1, 0.15) is 5.75 Å². The number of carbonyl (C=O) groups is 3. The fourth-order valence-corrected chi connectivity index (χ4v) is 2.47. The molecule has 2 aromatic carbocycles. The lowest BCUT2D eigenvalue weighted by Crippen LogP contribution is -2.21. The Morgan fingerprint density at radius 1 is 0.857 bits per heavy atom. The Hall–Kier alpha value is -3.35. The summed E-state index contributed by atoms with van der Waals surface area (Å²) in [6.07, 6.45) is 0.588. The van der Waals surface area contributed by atoms with Crippen LogP contribution in [-0.2, 0) is 19.1 Å². The molecule has 0 saturated heterocycles. The molecule has 2 amide bonds. The molecular weight excluding hydrogens is 360 g/mol. The molecule has 0 aliphatic carbocycles. The van der Waals surface area contributed by atoms with Gasteiger partial charge in [-0.05, 0) is 37.1 Å². The van der Waals surface area contributed by atoms with Crippen LogP contribution in [0.15, 0.2) is 48.5 Å². The summed E-state index contributed by atoms with van der Waals surface area (Å²) >= 11 is 0. The Morgan fingerprint density at radius 2 is 1.50 bits per heavy atom. The highest BCUT2D eigenvalue weighted by Gasteiger charge is 2.11. The van der Waals surface area contributed by atoms with E-state index in [1.165, 1.54) is 7.11 Å². The summed E-state index contributed by atoms with van der Waals surface area (Å²) in [6, 6.07) is 14.4. The molecule has 0 fully saturated rings. The Balaban J connectivity index is 1.66. The molecule has 0 aliphatic rings. The molecule has 7 nitrogen and oxygen atoms in total. The van der Waals surface area contributed by atoms with Crippen molar-refractivity contribution in [1.29, 1.82) is 0 Å². The SMILES string of the molecule is COc1ccccc1NC(=O)COC(=O)CCCC(=O)Nc1ccccc1C. The van der Waals surface area contributed by atoms with Crippen molar-refractivity contribution in [2.45, 2.75) is 26.2 Å². The zero-order chi connectivity index (χ0) is 20.4. The molecule has 7 heteroatoms. The molecule has 0 atom stereocenters. The fourth-order valence-electron chi connectivity index (χ4n) is 2.47. The number of methoxy groups -OCH3 is 1. The van der Waals surface area contributed by atoms with Gasteiger partial charge >= 0.3 is 5.97 Å². The number of hydrogen-bond acceptors (Lipinski definition) is 5. The molecule has 28 heavy (non-hydrogen) atoms. The monoisotopic (exact) mass is 384 g/mol. The van der Waals surface area contributed by atoms with Crippen LogP contribution in [0.3, 0.4) is 0 Å². The first-order chi connectivity index (χ1) is 13.5. The van der Waals surface area contributed by atoms with E-state index in [9.17, 15) is 14.4 Å². The number of amides is 2. The van der Waals surface area contributed by atoms with Gasteiger partial charge in [0.05, 0.1) is 12.8 Å². The van der Waals surface area contributed by atoms with Crippen LogP contribution in [0.5, 0.6) is 5.75 Å². The van der Waals surface area contributed by atoms with E-state index in [1.807, 2.05) is 31.2 Å². The van der Waals surface area contributed by atoms with Crippen molar-refractivity contribution in [2.75, 3.05) is 24.4 Å². The zero-order valence-corrected chi connectivity index (χ0v) is 16.0. The van der Waals surface area contributed by atoms with Crippen molar-refractivity contribution >= 4 is 29.2 Å². The third-order valence-corrected chi connectivity index (χ3v) is 3.95. The number of anilines is 2. The topological polar surface area (TPSA) is 93.7 Å². The molecule has 0 spiro atoms. The van der Waals surface area contributed by atoms with Gasteiger partial charge in [0.15, 0.2) is 6.61 Å². The van der Waals surface area contributed by atoms with Crippen molar-refractivity contribution in [3.05, 3.63) is 54.1 Å². The van der Waals surface area contributed by atoms with E-state index >= 15 is 0 Å². The highest BCUT2D eigenvalue weighted by Crippen LogP contribution is 2.22. The van der Waals surface area contributed by atoms with Crippen molar-refractivity contribution in [2.24, 2.45) is 0 Å². The Labute approximate surface area is 164 Å². The molecular formula is C21H24N2O5. The minimum Gasteiger partial charge on any atom is -0.495 e. The quantitative estimate of drug-likeness (QED) is 0.647. The highest BCUT2D eigenvalue weighted by molar-refractivity contribution is 5.94. The summed E-state index contributed by atoms with van der Waals surface area (Å²) in [5.74, 6) is -0.646. The summed E-state index contributed by atoms with van der Waals surface area (Å²) in [7, 11) is 1.50. The summed E-state index contributed by atoms with van der Waals surface area (Å²) < 4.78 is 10.1. The normalized spacial score (nSPS) is 10.1. The van der Waals surface area contributed by atoms with Gasteiger partial charge in [0, 0.05) is 18.5 Å². The molecule has 0 saturated carbocycles. The number of benzene rings is 2. The van der Waals surface area contributed by atoms with Crippen molar-refractivity contribution < 1.29 is 23.9 Å². The lowest BCUT2D eigenvalue weighted by Gasteiger charge is -2.10. The molecule has 2 aromatic rings. The van der Waals surface area contributed by atoms with E-state index in [0.29, 0.717) is 17.9 Å². The molecule has 148 valence electrons.